The first-order valence-electron chi connectivity index (χ1n) is 7.29. The van der Waals surface area contributed by atoms with Crippen LogP contribution in [-0.4, -0.2) is 44.7 Å². The van der Waals surface area contributed by atoms with Crippen LogP contribution in [0.15, 0.2) is 23.1 Å². The highest BCUT2D eigenvalue weighted by molar-refractivity contribution is 7.89. The number of benzene rings is 1. The van der Waals surface area contributed by atoms with Gasteiger partial charge in [-0.3, -0.25) is 0 Å². The van der Waals surface area contributed by atoms with Gasteiger partial charge in [0.05, 0.1) is 4.90 Å². The molecule has 0 aromatic heterocycles. The van der Waals surface area contributed by atoms with Gasteiger partial charge in [0, 0.05) is 31.2 Å². The van der Waals surface area contributed by atoms with Gasteiger partial charge >= 0.3 is 0 Å². The molecule has 0 spiro atoms. The molecule has 8 heteroatoms. The number of sulfonamides is 1. The molecule has 0 aliphatic carbocycles. The topological polar surface area (TPSA) is 67.9 Å². The maximum atomic E-state index is 12.8. The van der Waals surface area contributed by atoms with Crippen molar-refractivity contribution in [2.75, 3.05) is 19.9 Å². The van der Waals surface area contributed by atoms with Crippen molar-refractivity contribution in [1.29, 1.82) is 0 Å². The number of rotatable bonds is 2. The Morgan fingerprint density at radius 2 is 1.86 bits per heavy atom. The van der Waals surface area contributed by atoms with E-state index in [4.69, 9.17) is 9.47 Å². The highest BCUT2D eigenvalue weighted by Gasteiger charge is 2.35. The van der Waals surface area contributed by atoms with Crippen molar-refractivity contribution in [2.24, 2.45) is 0 Å². The smallest absolute Gasteiger partial charge is 0.243 e. The number of hydrogen-bond donors (Lipinski definition) is 1. The molecule has 2 atom stereocenters. The first kappa shape index (κ1) is 15.9. The van der Waals surface area contributed by atoms with Gasteiger partial charge < -0.3 is 14.8 Å². The second-order valence-corrected chi connectivity index (χ2v) is 7.74. The Labute approximate surface area is 136 Å². The van der Waals surface area contributed by atoms with Crippen molar-refractivity contribution in [2.45, 2.75) is 36.2 Å². The molecule has 6 nitrogen and oxygen atoms in total. The van der Waals surface area contributed by atoms with Crippen LogP contribution in [0.2, 0.25) is 0 Å². The molecule has 3 heterocycles. The molecule has 0 saturated carbocycles. The Morgan fingerprint density at radius 1 is 1.09 bits per heavy atom. The van der Waals surface area contributed by atoms with Crippen LogP contribution in [0.1, 0.15) is 19.3 Å². The van der Waals surface area contributed by atoms with Crippen LogP contribution in [0.5, 0.6) is 11.5 Å². The monoisotopic (exact) mass is 346 g/mol. The predicted octanol–water partition coefficient (Wildman–Crippen LogP) is 1.35. The zero-order valence-electron chi connectivity index (χ0n) is 12.0. The Hall–Kier alpha value is -1.02. The number of halogens is 1. The van der Waals surface area contributed by atoms with Crippen LogP contribution in [-0.2, 0) is 10.0 Å². The molecule has 2 saturated heterocycles. The normalized spacial score (nSPS) is 27.3. The van der Waals surface area contributed by atoms with Gasteiger partial charge in [-0.2, -0.15) is 4.31 Å². The van der Waals surface area contributed by atoms with Gasteiger partial charge in [-0.15, -0.1) is 12.4 Å². The Kier molecular flexibility index (Phi) is 4.24. The first-order chi connectivity index (χ1) is 10.1. The van der Waals surface area contributed by atoms with E-state index in [-0.39, 0.29) is 30.1 Å². The second kappa shape index (κ2) is 5.88. The summed E-state index contributed by atoms with van der Waals surface area (Å²) in [5.74, 6) is 1.11. The third kappa shape index (κ3) is 2.67. The van der Waals surface area contributed by atoms with Crippen LogP contribution in [0.3, 0.4) is 0 Å². The van der Waals surface area contributed by atoms with Crippen molar-refractivity contribution in [3.63, 3.8) is 0 Å². The third-order valence-corrected chi connectivity index (χ3v) is 6.33. The second-order valence-electron chi connectivity index (χ2n) is 5.80. The largest absolute Gasteiger partial charge is 0.454 e. The average Bonchev–Trinajstić information content (AvgIpc) is 3.03. The average molecular weight is 347 g/mol. The van der Waals surface area contributed by atoms with Crippen LogP contribution < -0.4 is 14.8 Å². The Morgan fingerprint density at radius 3 is 2.73 bits per heavy atom. The summed E-state index contributed by atoms with van der Waals surface area (Å²) >= 11 is 0. The van der Waals surface area contributed by atoms with Crippen LogP contribution in [0.25, 0.3) is 0 Å². The number of hydrogen-bond acceptors (Lipinski definition) is 5. The van der Waals surface area contributed by atoms with Crippen LogP contribution in [0, 0.1) is 0 Å². The minimum Gasteiger partial charge on any atom is -0.454 e. The lowest BCUT2D eigenvalue weighted by Crippen LogP contribution is -2.39. The molecule has 3 aliphatic rings. The van der Waals surface area contributed by atoms with Crippen LogP contribution in [0.4, 0.5) is 0 Å². The number of ether oxygens (including phenoxy) is 2. The summed E-state index contributed by atoms with van der Waals surface area (Å²) in [4.78, 5) is 0.282. The van der Waals surface area contributed by atoms with Crippen molar-refractivity contribution in [3.05, 3.63) is 18.2 Å². The van der Waals surface area contributed by atoms with E-state index in [0.717, 1.165) is 19.3 Å². The van der Waals surface area contributed by atoms with Gasteiger partial charge in [-0.25, -0.2) is 8.42 Å². The lowest BCUT2D eigenvalue weighted by Gasteiger charge is -2.23. The van der Waals surface area contributed by atoms with Gasteiger partial charge in [0.2, 0.25) is 16.8 Å². The molecule has 122 valence electrons. The maximum Gasteiger partial charge on any atom is 0.243 e. The lowest BCUT2D eigenvalue weighted by atomic mass is 10.1. The highest BCUT2D eigenvalue weighted by Crippen LogP contribution is 2.35. The van der Waals surface area contributed by atoms with E-state index in [1.165, 1.54) is 0 Å². The first-order valence-corrected chi connectivity index (χ1v) is 8.73. The summed E-state index contributed by atoms with van der Waals surface area (Å²) in [7, 11) is -3.47. The van der Waals surface area contributed by atoms with Gasteiger partial charge in [0.15, 0.2) is 11.5 Å². The summed E-state index contributed by atoms with van der Waals surface area (Å²) in [5.41, 5.74) is 0. The van der Waals surface area contributed by atoms with E-state index >= 15 is 0 Å². The van der Waals surface area contributed by atoms with Gasteiger partial charge in [0.25, 0.3) is 0 Å². The van der Waals surface area contributed by atoms with E-state index in [1.54, 1.807) is 22.5 Å². The highest BCUT2D eigenvalue weighted by atomic mass is 35.5. The van der Waals surface area contributed by atoms with Gasteiger partial charge in [-0.1, -0.05) is 0 Å². The summed E-state index contributed by atoms with van der Waals surface area (Å²) < 4.78 is 37.7. The third-order valence-electron chi connectivity index (χ3n) is 4.47. The van der Waals surface area contributed by atoms with Gasteiger partial charge in [-0.05, 0) is 31.4 Å². The van der Waals surface area contributed by atoms with E-state index in [9.17, 15) is 8.42 Å². The lowest BCUT2D eigenvalue weighted by molar-refractivity contribution is 0.174. The fourth-order valence-electron chi connectivity index (χ4n) is 3.32. The fraction of sp³-hybridized carbons (Fsp3) is 0.571. The molecule has 1 aromatic carbocycles. The SMILES string of the molecule is Cl.O=S(=O)(c1ccc2c(c1)OCO2)N1CCC2CCC(C1)N2. The quantitative estimate of drug-likeness (QED) is 0.875. The minimum atomic E-state index is -3.47. The zero-order chi connectivity index (χ0) is 14.4. The van der Waals surface area contributed by atoms with E-state index < -0.39 is 10.0 Å². The molecule has 1 aromatic rings. The van der Waals surface area contributed by atoms with Crippen molar-refractivity contribution in [1.82, 2.24) is 9.62 Å². The molecule has 22 heavy (non-hydrogen) atoms. The number of fused-ring (bicyclic) bond motifs is 3. The van der Waals surface area contributed by atoms with Crippen molar-refractivity contribution in [3.8, 4) is 11.5 Å². The van der Waals surface area contributed by atoms with Crippen molar-refractivity contribution < 1.29 is 17.9 Å². The standard InChI is InChI=1S/C14H18N2O4S.ClH/c17-21(18,12-3-4-13-14(7-12)20-9-19-13)16-6-5-10-1-2-11(8-16)15-10;/h3-4,7,10-11,15H,1-2,5-6,8-9H2;1H. The minimum absolute atomic E-state index is 0. The molecule has 4 rings (SSSR count). The zero-order valence-corrected chi connectivity index (χ0v) is 13.7. The summed E-state index contributed by atoms with van der Waals surface area (Å²) in [6.07, 6.45) is 3.08. The Bertz CT molecular complexity index is 667. The summed E-state index contributed by atoms with van der Waals surface area (Å²) in [6, 6.07) is 5.57. The fourth-order valence-corrected chi connectivity index (χ4v) is 4.83. The molecule has 2 fully saturated rings. The Balaban J connectivity index is 0.00000144. The molecule has 2 unspecified atom stereocenters. The molecule has 2 bridgehead atoms. The van der Waals surface area contributed by atoms with E-state index in [1.807, 2.05) is 0 Å². The van der Waals surface area contributed by atoms with Crippen molar-refractivity contribution >= 4 is 22.4 Å². The molecule has 1 N–H and O–H groups in total. The predicted molar refractivity (Wildman–Crippen MR) is 83.1 cm³/mol. The molecule has 3 aliphatic heterocycles. The molecule has 0 amide bonds. The summed E-state index contributed by atoms with van der Waals surface area (Å²) in [5, 5.41) is 3.50. The van der Waals surface area contributed by atoms with E-state index in [2.05, 4.69) is 5.32 Å². The molecule has 0 radical (unpaired) electrons. The molecular formula is C14H19ClN2O4S. The summed E-state index contributed by atoms with van der Waals surface area (Å²) in [6.45, 7) is 1.27. The molecular weight excluding hydrogens is 328 g/mol. The van der Waals surface area contributed by atoms with Crippen LogP contribution >= 0.6 is 12.4 Å². The van der Waals surface area contributed by atoms with E-state index in [0.29, 0.717) is 30.6 Å². The number of nitrogens with zero attached hydrogens (tertiary/aromatic N) is 1. The number of nitrogens with one attached hydrogen (secondary N) is 1. The van der Waals surface area contributed by atoms with Gasteiger partial charge in [0.1, 0.15) is 0 Å². The maximum absolute atomic E-state index is 12.8.